The number of hydrogen-bond donors (Lipinski definition) is 1. The van der Waals surface area contributed by atoms with Crippen LogP contribution in [-0.2, 0) is 6.42 Å². The van der Waals surface area contributed by atoms with Crippen LogP contribution < -0.4 is 4.74 Å². The molecule has 1 N–H and O–H groups in total. The molecular formula is C12H18O2. The molecule has 0 radical (unpaired) electrons. The summed E-state index contributed by atoms with van der Waals surface area (Å²) < 4.78 is 4.98. The van der Waals surface area contributed by atoms with E-state index in [1.54, 1.807) is 13.2 Å². The van der Waals surface area contributed by atoms with Crippen molar-refractivity contribution >= 4 is 0 Å². The summed E-state index contributed by atoms with van der Waals surface area (Å²) in [7, 11) is 1.56. The third-order valence-electron chi connectivity index (χ3n) is 2.25. The van der Waals surface area contributed by atoms with Crippen LogP contribution in [0.5, 0.6) is 11.5 Å². The summed E-state index contributed by atoms with van der Waals surface area (Å²) in [6, 6.07) is 5.59. The average Bonchev–Trinajstić information content (AvgIpc) is 2.15. The van der Waals surface area contributed by atoms with Crippen LogP contribution in [-0.4, -0.2) is 12.2 Å². The normalized spacial score (nSPS) is 10.6. The highest BCUT2D eigenvalue weighted by molar-refractivity contribution is 5.41. The number of benzene rings is 1. The van der Waals surface area contributed by atoms with Crippen molar-refractivity contribution in [3.63, 3.8) is 0 Å². The van der Waals surface area contributed by atoms with Crippen LogP contribution >= 0.6 is 0 Å². The van der Waals surface area contributed by atoms with Crippen molar-refractivity contribution in [2.45, 2.75) is 26.7 Å². The molecule has 1 aromatic rings. The lowest BCUT2D eigenvalue weighted by Crippen LogP contribution is -1.92. The van der Waals surface area contributed by atoms with Crippen LogP contribution in [0.25, 0.3) is 0 Å². The number of rotatable bonds is 4. The Morgan fingerprint density at radius 2 is 2.07 bits per heavy atom. The standard InChI is InChI=1S/C12H18O2/c1-9(2)4-5-10-6-7-12(14-3)11(13)8-10/h6-9,13H,4-5H2,1-3H3. The fourth-order valence-corrected chi connectivity index (χ4v) is 1.35. The summed E-state index contributed by atoms with van der Waals surface area (Å²) in [5.41, 5.74) is 1.16. The van der Waals surface area contributed by atoms with E-state index in [0.717, 1.165) is 18.4 Å². The van der Waals surface area contributed by atoms with Gasteiger partial charge in [-0.2, -0.15) is 0 Å². The highest BCUT2D eigenvalue weighted by atomic mass is 16.5. The van der Waals surface area contributed by atoms with Crippen molar-refractivity contribution < 1.29 is 9.84 Å². The van der Waals surface area contributed by atoms with Crippen molar-refractivity contribution in [1.82, 2.24) is 0 Å². The summed E-state index contributed by atoms with van der Waals surface area (Å²) in [6.45, 7) is 4.40. The molecule has 78 valence electrons. The second kappa shape index (κ2) is 4.89. The monoisotopic (exact) mass is 194 g/mol. The molecule has 0 aliphatic heterocycles. The molecule has 14 heavy (non-hydrogen) atoms. The topological polar surface area (TPSA) is 29.5 Å². The fraction of sp³-hybridized carbons (Fsp3) is 0.500. The van der Waals surface area contributed by atoms with Gasteiger partial charge in [-0.05, 0) is 36.5 Å². The van der Waals surface area contributed by atoms with Crippen LogP contribution in [0.3, 0.4) is 0 Å². The zero-order valence-electron chi connectivity index (χ0n) is 9.08. The van der Waals surface area contributed by atoms with E-state index < -0.39 is 0 Å². The summed E-state index contributed by atoms with van der Waals surface area (Å²) in [4.78, 5) is 0. The van der Waals surface area contributed by atoms with E-state index in [0.29, 0.717) is 11.7 Å². The molecule has 0 saturated carbocycles. The van der Waals surface area contributed by atoms with Crippen LogP contribution in [0.15, 0.2) is 18.2 Å². The molecule has 0 aliphatic carbocycles. The molecule has 2 nitrogen and oxygen atoms in total. The third kappa shape index (κ3) is 2.95. The van der Waals surface area contributed by atoms with E-state index in [1.165, 1.54) is 0 Å². The number of phenolic OH excluding ortho intramolecular Hbond substituents is 1. The maximum absolute atomic E-state index is 9.53. The van der Waals surface area contributed by atoms with E-state index in [-0.39, 0.29) is 5.75 Å². The lowest BCUT2D eigenvalue weighted by Gasteiger charge is -2.07. The van der Waals surface area contributed by atoms with Gasteiger partial charge in [0.05, 0.1) is 7.11 Å². The van der Waals surface area contributed by atoms with E-state index in [2.05, 4.69) is 13.8 Å². The van der Waals surface area contributed by atoms with Gasteiger partial charge >= 0.3 is 0 Å². The molecule has 0 unspecified atom stereocenters. The van der Waals surface area contributed by atoms with Gasteiger partial charge in [0.15, 0.2) is 11.5 Å². The van der Waals surface area contributed by atoms with Crippen LogP contribution in [0.2, 0.25) is 0 Å². The fourth-order valence-electron chi connectivity index (χ4n) is 1.35. The molecule has 1 aromatic carbocycles. The number of hydrogen-bond acceptors (Lipinski definition) is 2. The Balaban J connectivity index is 2.66. The van der Waals surface area contributed by atoms with Gasteiger partial charge < -0.3 is 9.84 Å². The van der Waals surface area contributed by atoms with Crippen molar-refractivity contribution in [2.24, 2.45) is 5.92 Å². The van der Waals surface area contributed by atoms with Gasteiger partial charge in [0.1, 0.15) is 0 Å². The lowest BCUT2D eigenvalue weighted by atomic mass is 10.0. The molecule has 0 aliphatic rings. The summed E-state index contributed by atoms with van der Waals surface area (Å²) in [5, 5.41) is 9.53. The van der Waals surface area contributed by atoms with Crippen LogP contribution in [0, 0.1) is 5.92 Å². The molecule has 0 amide bonds. The predicted molar refractivity (Wildman–Crippen MR) is 57.8 cm³/mol. The second-order valence-electron chi connectivity index (χ2n) is 3.94. The Hall–Kier alpha value is -1.18. The molecule has 0 fully saturated rings. The Labute approximate surface area is 85.5 Å². The Morgan fingerprint density at radius 1 is 1.36 bits per heavy atom. The molecule has 0 bridgehead atoms. The van der Waals surface area contributed by atoms with E-state index in [9.17, 15) is 5.11 Å². The molecule has 0 spiro atoms. The van der Waals surface area contributed by atoms with Gasteiger partial charge in [-0.15, -0.1) is 0 Å². The molecule has 0 saturated heterocycles. The van der Waals surface area contributed by atoms with Gasteiger partial charge in [-0.3, -0.25) is 0 Å². The zero-order chi connectivity index (χ0) is 10.6. The van der Waals surface area contributed by atoms with Crippen molar-refractivity contribution in [3.8, 4) is 11.5 Å². The lowest BCUT2D eigenvalue weighted by molar-refractivity contribution is 0.373. The number of methoxy groups -OCH3 is 1. The first-order valence-electron chi connectivity index (χ1n) is 4.99. The third-order valence-corrected chi connectivity index (χ3v) is 2.25. The minimum Gasteiger partial charge on any atom is -0.504 e. The maximum Gasteiger partial charge on any atom is 0.160 e. The van der Waals surface area contributed by atoms with Crippen molar-refractivity contribution in [1.29, 1.82) is 0 Å². The van der Waals surface area contributed by atoms with Crippen molar-refractivity contribution in [3.05, 3.63) is 23.8 Å². The first-order chi connectivity index (χ1) is 6.63. The molecular weight excluding hydrogens is 176 g/mol. The summed E-state index contributed by atoms with van der Waals surface area (Å²) in [5.74, 6) is 1.46. The SMILES string of the molecule is COc1ccc(CCC(C)C)cc1O. The van der Waals surface area contributed by atoms with Gasteiger partial charge in [-0.25, -0.2) is 0 Å². The van der Waals surface area contributed by atoms with Crippen LogP contribution in [0.4, 0.5) is 0 Å². The first kappa shape index (κ1) is 10.9. The zero-order valence-corrected chi connectivity index (χ0v) is 9.08. The Kier molecular flexibility index (Phi) is 3.81. The number of aryl methyl sites for hydroxylation is 1. The summed E-state index contributed by atoms with van der Waals surface area (Å²) >= 11 is 0. The molecule has 2 heteroatoms. The van der Waals surface area contributed by atoms with E-state index in [4.69, 9.17) is 4.74 Å². The largest absolute Gasteiger partial charge is 0.504 e. The minimum absolute atomic E-state index is 0.230. The summed E-state index contributed by atoms with van der Waals surface area (Å²) in [6.07, 6.45) is 2.15. The number of aromatic hydroxyl groups is 1. The molecule has 0 heterocycles. The highest BCUT2D eigenvalue weighted by Crippen LogP contribution is 2.26. The number of ether oxygens (including phenoxy) is 1. The molecule has 0 aromatic heterocycles. The van der Waals surface area contributed by atoms with Gasteiger partial charge in [-0.1, -0.05) is 19.9 Å². The van der Waals surface area contributed by atoms with E-state index in [1.807, 2.05) is 12.1 Å². The Morgan fingerprint density at radius 3 is 2.57 bits per heavy atom. The smallest absolute Gasteiger partial charge is 0.160 e. The average molecular weight is 194 g/mol. The van der Waals surface area contributed by atoms with Gasteiger partial charge in [0.25, 0.3) is 0 Å². The highest BCUT2D eigenvalue weighted by Gasteiger charge is 2.03. The van der Waals surface area contributed by atoms with Crippen molar-refractivity contribution in [2.75, 3.05) is 7.11 Å². The maximum atomic E-state index is 9.53. The van der Waals surface area contributed by atoms with Crippen LogP contribution in [0.1, 0.15) is 25.8 Å². The quantitative estimate of drug-likeness (QED) is 0.798. The predicted octanol–water partition coefficient (Wildman–Crippen LogP) is 2.99. The molecule has 1 rings (SSSR count). The van der Waals surface area contributed by atoms with E-state index >= 15 is 0 Å². The van der Waals surface area contributed by atoms with Gasteiger partial charge in [0.2, 0.25) is 0 Å². The number of phenols is 1. The first-order valence-corrected chi connectivity index (χ1v) is 4.99. The molecule has 0 atom stereocenters. The Bertz CT molecular complexity index is 292. The second-order valence-corrected chi connectivity index (χ2v) is 3.94. The van der Waals surface area contributed by atoms with Gasteiger partial charge in [0, 0.05) is 0 Å². The minimum atomic E-state index is 0.230.